The molecule has 0 spiro atoms. The minimum absolute atomic E-state index is 0.0565. The van der Waals surface area contributed by atoms with Crippen molar-refractivity contribution >= 4 is 33.8 Å². The third-order valence-electron chi connectivity index (χ3n) is 5.14. The molecule has 0 aliphatic heterocycles. The fraction of sp³-hybridized carbons (Fsp3) is 0.440. The van der Waals surface area contributed by atoms with E-state index in [-0.39, 0.29) is 24.9 Å². The molecule has 0 amide bonds. The summed E-state index contributed by atoms with van der Waals surface area (Å²) in [5, 5.41) is 10.4. The number of ether oxygens (including phenoxy) is 1. The zero-order valence-corrected chi connectivity index (χ0v) is 21.9. The summed E-state index contributed by atoms with van der Waals surface area (Å²) in [5.74, 6) is -1.80. The van der Waals surface area contributed by atoms with Gasteiger partial charge in [-0.1, -0.05) is 32.9 Å². The van der Waals surface area contributed by atoms with Gasteiger partial charge in [0.15, 0.2) is 0 Å². The Morgan fingerprint density at radius 3 is 2.39 bits per heavy atom. The van der Waals surface area contributed by atoms with Gasteiger partial charge >= 0.3 is 5.97 Å². The molecule has 9 nitrogen and oxygen atoms in total. The van der Waals surface area contributed by atoms with Crippen molar-refractivity contribution in [2.75, 3.05) is 24.2 Å². The predicted octanol–water partition coefficient (Wildman–Crippen LogP) is 3.48. The Labute approximate surface area is 211 Å². The predicted molar refractivity (Wildman–Crippen MR) is 135 cm³/mol. The van der Waals surface area contributed by atoms with E-state index in [1.165, 1.54) is 37.4 Å². The van der Waals surface area contributed by atoms with Crippen LogP contribution in [0.2, 0.25) is 0 Å². The Morgan fingerprint density at radius 2 is 1.83 bits per heavy atom. The smallest absolute Gasteiger partial charge is 0.313 e. The van der Waals surface area contributed by atoms with Crippen molar-refractivity contribution in [3.63, 3.8) is 0 Å². The highest BCUT2D eigenvalue weighted by Gasteiger charge is 2.22. The molecule has 1 heterocycles. The summed E-state index contributed by atoms with van der Waals surface area (Å²) in [7, 11) is -2.32. The van der Waals surface area contributed by atoms with E-state index in [1.807, 2.05) is 20.8 Å². The van der Waals surface area contributed by atoms with Crippen LogP contribution in [0.3, 0.4) is 0 Å². The Morgan fingerprint density at radius 1 is 1.19 bits per heavy atom. The molecule has 2 rings (SSSR count). The lowest BCUT2D eigenvalue weighted by molar-refractivity contribution is -0.146. The number of benzene rings is 1. The van der Waals surface area contributed by atoms with Crippen molar-refractivity contribution in [1.82, 2.24) is 9.97 Å². The van der Waals surface area contributed by atoms with Crippen LogP contribution >= 0.6 is 0 Å². The number of carbonyl (C=O) groups excluding carboxylic acids is 2. The van der Waals surface area contributed by atoms with Crippen LogP contribution in [0.4, 0.5) is 10.3 Å². The highest BCUT2D eigenvalue weighted by atomic mass is 32.2. The number of hydrogen-bond donors (Lipinski definition) is 1. The number of halogens is 1. The summed E-state index contributed by atoms with van der Waals surface area (Å²) < 4.78 is 43.7. The summed E-state index contributed by atoms with van der Waals surface area (Å²) >= 11 is 0. The van der Waals surface area contributed by atoms with E-state index >= 15 is 0 Å². The molecule has 0 fully saturated rings. The summed E-state index contributed by atoms with van der Waals surface area (Å²) in [4.78, 5) is 32.7. The van der Waals surface area contributed by atoms with Gasteiger partial charge in [-0.3, -0.25) is 9.59 Å². The van der Waals surface area contributed by atoms with Gasteiger partial charge in [-0.15, -0.1) is 0 Å². The highest BCUT2D eigenvalue weighted by molar-refractivity contribution is 7.92. The van der Waals surface area contributed by atoms with Crippen LogP contribution in [0.1, 0.15) is 57.2 Å². The largest absolute Gasteiger partial charge is 0.465 e. The lowest BCUT2D eigenvalue weighted by Gasteiger charge is -2.20. The quantitative estimate of drug-likeness (QED) is 0.332. The van der Waals surface area contributed by atoms with Crippen LogP contribution in [0, 0.1) is 5.82 Å². The van der Waals surface area contributed by atoms with Gasteiger partial charge in [0.25, 0.3) is 0 Å². The molecule has 1 atom stereocenters. The monoisotopic (exact) mass is 521 g/mol. The Hall–Kier alpha value is -3.18. The number of ketones is 1. The van der Waals surface area contributed by atoms with E-state index in [2.05, 4.69) is 9.97 Å². The van der Waals surface area contributed by atoms with E-state index in [9.17, 15) is 27.5 Å². The fourth-order valence-corrected chi connectivity index (χ4v) is 3.58. The maximum absolute atomic E-state index is 13.6. The van der Waals surface area contributed by atoms with Crippen LogP contribution in [-0.2, 0) is 24.3 Å². The molecule has 11 heteroatoms. The van der Waals surface area contributed by atoms with Gasteiger partial charge in [-0.05, 0) is 36.6 Å². The van der Waals surface area contributed by atoms with Crippen molar-refractivity contribution in [2.24, 2.45) is 0 Å². The SMILES string of the molecule is CCCOC(=O)CC(=O)C[C@H](O)/C=C/c1c(-c2ccc(F)cc2)nc(N(C)S(C)(=O)=O)nc1C(C)C. The number of nitrogens with zero attached hydrogens (tertiary/aromatic N) is 3. The molecule has 2 aromatic rings. The van der Waals surface area contributed by atoms with E-state index in [4.69, 9.17) is 4.74 Å². The van der Waals surface area contributed by atoms with Crippen LogP contribution in [0.5, 0.6) is 0 Å². The van der Waals surface area contributed by atoms with E-state index in [0.717, 1.165) is 10.6 Å². The van der Waals surface area contributed by atoms with Crippen molar-refractivity contribution in [2.45, 2.75) is 52.1 Å². The third-order valence-corrected chi connectivity index (χ3v) is 6.30. The maximum atomic E-state index is 13.6. The van der Waals surface area contributed by atoms with E-state index < -0.39 is 40.1 Å². The number of carbonyl (C=O) groups is 2. The number of Topliss-reactive ketones (excluding diaryl/α,β-unsaturated/α-hetero) is 1. The molecular weight excluding hydrogens is 489 g/mol. The van der Waals surface area contributed by atoms with Crippen molar-refractivity contribution in [3.8, 4) is 11.3 Å². The van der Waals surface area contributed by atoms with Gasteiger partial charge in [-0.2, -0.15) is 0 Å². The first kappa shape index (κ1) is 29.1. The number of esters is 1. The molecule has 1 aromatic carbocycles. The van der Waals surface area contributed by atoms with Gasteiger partial charge in [0.1, 0.15) is 18.0 Å². The molecule has 0 saturated heterocycles. The normalized spacial score (nSPS) is 12.7. The molecular formula is C25H32FN3O6S. The van der Waals surface area contributed by atoms with Gasteiger partial charge in [0.2, 0.25) is 16.0 Å². The molecule has 0 bridgehead atoms. The number of anilines is 1. The molecule has 0 aliphatic rings. The second kappa shape index (κ2) is 12.7. The molecule has 196 valence electrons. The number of aliphatic hydroxyl groups is 1. The first-order valence-electron chi connectivity index (χ1n) is 11.5. The fourth-order valence-electron chi connectivity index (χ4n) is 3.20. The van der Waals surface area contributed by atoms with Crippen LogP contribution in [-0.4, -0.2) is 61.3 Å². The standard InChI is InChI=1S/C25H32FN3O6S/c1-6-13-35-22(32)15-20(31)14-19(30)11-12-21-23(16(2)3)27-25(29(4)36(5,33)34)28-24(21)17-7-9-18(26)10-8-17/h7-12,16,19,30H,6,13-15H2,1-5H3/b12-11+/t19-/m1/s1. The molecule has 1 aromatic heterocycles. The molecule has 0 unspecified atom stereocenters. The average Bonchev–Trinajstić information content (AvgIpc) is 2.80. The van der Waals surface area contributed by atoms with Gasteiger partial charge in [0.05, 0.1) is 30.4 Å². The van der Waals surface area contributed by atoms with Crippen LogP contribution in [0.25, 0.3) is 17.3 Å². The minimum atomic E-state index is -3.66. The van der Waals surface area contributed by atoms with Gasteiger partial charge < -0.3 is 9.84 Å². The Balaban J connectivity index is 2.47. The maximum Gasteiger partial charge on any atom is 0.313 e. The average molecular weight is 522 g/mol. The zero-order valence-electron chi connectivity index (χ0n) is 21.1. The second-order valence-electron chi connectivity index (χ2n) is 8.63. The first-order chi connectivity index (χ1) is 16.8. The van der Waals surface area contributed by atoms with E-state index in [0.29, 0.717) is 28.9 Å². The summed E-state index contributed by atoms with van der Waals surface area (Å²) in [6.07, 6.45) is 2.67. The molecule has 36 heavy (non-hydrogen) atoms. The van der Waals surface area contributed by atoms with Crippen molar-refractivity contribution < 1.29 is 32.2 Å². The number of aromatic nitrogens is 2. The van der Waals surface area contributed by atoms with E-state index in [1.54, 1.807) is 6.08 Å². The summed E-state index contributed by atoms with van der Waals surface area (Å²) in [5.41, 5.74) is 1.81. The molecule has 0 radical (unpaired) electrons. The van der Waals surface area contributed by atoms with Gasteiger partial charge in [-0.25, -0.2) is 27.1 Å². The first-order valence-corrected chi connectivity index (χ1v) is 13.3. The summed E-state index contributed by atoms with van der Waals surface area (Å²) in [6.45, 7) is 5.79. The lowest BCUT2D eigenvalue weighted by atomic mass is 9.97. The number of rotatable bonds is 12. The Kier molecular flexibility index (Phi) is 10.2. The Bertz CT molecular complexity index is 1210. The van der Waals surface area contributed by atoms with Crippen LogP contribution in [0.15, 0.2) is 30.3 Å². The minimum Gasteiger partial charge on any atom is -0.465 e. The molecule has 1 N–H and O–H groups in total. The lowest BCUT2D eigenvalue weighted by Crippen LogP contribution is -2.27. The molecule has 0 saturated carbocycles. The molecule has 0 aliphatic carbocycles. The number of hydrogen-bond acceptors (Lipinski definition) is 8. The summed E-state index contributed by atoms with van der Waals surface area (Å²) in [6, 6.07) is 5.52. The highest BCUT2D eigenvalue weighted by Crippen LogP contribution is 2.31. The van der Waals surface area contributed by atoms with Gasteiger partial charge in [0, 0.05) is 24.6 Å². The van der Waals surface area contributed by atoms with Crippen LogP contribution < -0.4 is 4.31 Å². The number of aliphatic hydroxyl groups excluding tert-OH is 1. The number of sulfonamides is 1. The topological polar surface area (TPSA) is 127 Å². The second-order valence-corrected chi connectivity index (χ2v) is 10.6. The third kappa shape index (κ3) is 8.20. The van der Waals surface area contributed by atoms with Crippen molar-refractivity contribution in [3.05, 3.63) is 47.4 Å². The zero-order chi connectivity index (χ0) is 27.0. The van der Waals surface area contributed by atoms with Crippen molar-refractivity contribution in [1.29, 1.82) is 0 Å².